The van der Waals surface area contributed by atoms with Crippen molar-refractivity contribution in [3.63, 3.8) is 0 Å². The number of carbonyl (C=O) groups is 1. The number of methoxy groups -OCH3 is 1. The summed E-state index contributed by atoms with van der Waals surface area (Å²) in [4.78, 5) is 15.1. The number of hydrogen-bond acceptors (Lipinski definition) is 3. The molecule has 0 fully saturated rings. The number of guanidine groups is 1. The lowest BCUT2D eigenvalue weighted by atomic mass is 10.1. The van der Waals surface area contributed by atoms with Crippen LogP contribution in [0.2, 0.25) is 0 Å². The second kappa shape index (κ2) is 12.8. The van der Waals surface area contributed by atoms with Gasteiger partial charge in [-0.1, -0.05) is 26.7 Å². The second-order valence-electron chi connectivity index (χ2n) is 5.35. The Hall–Kier alpha value is -1.26. The van der Waals surface area contributed by atoms with Gasteiger partial charge in [-0.25, -0.2) is 0 Å². The molecule has 0 heterocycles. The van der Waals surface area contributed by atoms with Crippen LogP contribution in [0.15, 0.2) is 4.99 Å². The predicted octanol–water partition coefficient (Wildman–Crippen LogP) is 2.32. The summed E-state index contributed by atoms with van der Waals surface area (Å²) in [6.45, 7) is 6.30. The maximum absolute atomic E-state index is 10.9. The molecule has 0 bridgehead atoms. The van der Waals surface area contributed by atoms with Crippen LogP contribution >= 0.6 is 0 Å². The first kappa shape index (κ1) is 18.7. The molecule has 0 atom stereocenters. The van der Waals surface area contributed by atoms with Crippen molar-refractivity contribution < 1.29 is 9.53 Å². The van der Waals surface area contributed by atoms with E-state index in [0.717, 1.165) is 51.2 Å². The fourth-order valence-corrected chi connectivity index (χ4v) is 1.76. The monoisotopic (exact) mass is 285 g/mol. The fourth-order valence-electron chi connectivity index (χ4n) is 1.76. The van der Waals surface area contributed by atoms with E-state index in [-0.39, 0.29) is 5.97 Å². The normalized spacial score (nSPS) is 11.6. The van der Waals surface area contributed by atoms with Crippen LogP contribution in [0.1, 0.15) is 52.4 Å². The van der Waals surface area contributed by atoms with Crippen molar-refractivity contribution in [2.24, 2.45) is 10.9 Å². The van der Waals surface area contributed by atoms with Crippen molar-refractivity contribution in [2.45, 2.75) is 52.4 Å². The Labute approximate surface area is 123 Å². The molecule has 0 aliphatic heterocycles. The van der Waals surface area contributed by atoms with Gasteiger partial charge in [-0.05, 0) is 25.2 Å². The molecule has 20 heavy (non-hydrogen) atoms. The Kier molecular flexibility index (Phi) is 12.0. The molecule has 0 aliphatic carbocycles. The third-order valence-corrected chi connectivity index (χ3v) is 3.07. The van der Waals surface area contributed by atoms with Crippen LogP contribution in [0.5, 0.6) is 0 Å². The molecule has 5 nitrogen and oxygen atoms in total. The zero-order valence-corrected chi connectivity index (χ0v) is 13.5. The molecular formula is C15H31N3O2. The molecule has 0 saturated heterocycles. The number of carbonyl (C=O) groups excluding carboxylic acids is 1. The maximum Gasteiger partial charge on any atom is 0.305 e. The largest absolute Gasteiger partial charge is 0.469 e. The number of aliphatic imine (C=N–C) groups is 1. The Morgan fingerprint density at radius 3 is 2.35 bits per heavy atom. The van der Waals surface area contributed by atoms with Gasteiger partial charge in [0.15, 0.2) is 5.96 Å². The molecule has 5 heteroatoms. The van der Waals surface area contributed by atoms with Crippen LogP contribution in [-0.2, 0) is 9.53 Å². The quantitative estimate of drug-likeness (QED) is 0.280. The standard InChI is InChI=1S/C15H31N3O2/c1-13(2)10-12-18-15(16-3)17-11-8-6-5-7-9-14(19)20-4/h13H,5-12H2,1-4H3,(H2,16,17,18). The number of esters is 1. The van der Waals surface area contributed by atoms with Crippen molar-refractivity contribution in [1.29, 1.82) is 0 Å². The molecule has 0 aromatic carbocycles. The van der Waals surface area contributed by atoms with E-state index in [9.17, 15) is 4.79 Å². The maximum atomic E-state index is 10.9. The minimum Gasteiger partial charge on any atom is -0.469 e. The summed E-state index contributed by atoms with van der Waals surface area (Å²) in [6.07, 6.45) is 5.86. The van der Waals surface area contributed by atoms with Gasteiger partial charge in [0.1, 0.15) is 0 Å². The van der Waals surface area contributed by atoms with Crippen molar-refractivity contribution in [3.05, 3.63) is 0 Å². The molecule has 0 radical (unpaired) electrons. The van der Waals surface area contributed by atoms with E-state index in [0.29, 0.717) is 12.3 Å². The van der Waals surface area contributed by atoms with Crippen molar-refractivity contribution >= 4 is 11.9 Å². The van der Waals surface area contributed by atoms with Gasteiger partial charge in [0.2, 0.25) is 0 Å². The van der Waals surface area contributed by atoms with Gasteiger partial charge in [-0.2, -0.15) is 0 Å². The first-order valence-electron chi connectivity index (χ1n) is 7.61. The summed E-state index contributed by atoms with van der Waals surface area (Å²) in [5.74, 6) is 1.47. The number of nitrogens with zero attached hydrogens (tertiary/aromatic N) is 1. The molecule has 0 unspecified atom stereocenters. The highest BCUT2D eigenvalue weighted by Gasteiger charge is 2.00. The highest BCUT2D eigenvalue weighted by molar-refractivity contribution is 5.79. The molecule has 0 aliphatic rings. The minimum absolute atomic E-state index is 0.113. The lowest BCUT2D eigenvalue weighted by Crippen LogP contribution is -2.38. The molecular weight excluding hydrogens is 254 g/mol. The number of nitrogens with one attached hydrogen (secondary N) is 2. The summed E-state index contributed by atoms with van der Waals surface area (Å²) in [5, 5.41) is 6.60. The van der Waals surface area contributed by atoms with E-state index in [2.05, 4.69) is 34.2 Å². The highest BCUT2D eigenvalue weighted by Crippen LogP contribution is 2.03. The van der Waals surface area contributed by atoms with E-state index in [1.807, 2.05) is 0 Å². The summed E-state index contributed by atoms with van der Waals surface area (Å²) < 4.78 is 4.60. The van der Waals surface area contributed by atoms with Crippen LogP contribution in [0, 0.1) is 5.92 Å². The van der Waals surface area contributed by atoms with E-state index in [1.54, 1.807) is 7.05 Å². The molecule has 0 aromatic heterocycles. The van der Waals surface area contributed by atoms with Crippen molar-refractivity contribution in [1.82, 2.24) is 10.6 Å². The first-order valence-corrected chi connectivity index (χ1v) is 7.61. The molecule has 0 amide bonds. The van der Waals surface area contributed by atoms with E-state index >= 15 is 0 Å². The SMILES string of the molecule is CN=C(NCCCCCCC(=O)OC)NCCC(C)C. The summed E-state index contributed by atoms with van der Waals surface area (Å²) in [5.41, 5.74) is 0. The number of rotatable bonds is 10. The second-order valence-corrected chi connectivity index (χ2v) is 5.35. The van der Waals surface area contributed by atoms with Crippen LogP contribution in [-0.4, -0.2) is 39.2 Å². The Morgan fingerprint density at radius 1 is 1.10 bits per heavy atom. The van der Waals surface area contributed by atoms with E-state index < -0.39 is 0 Å². The average molecular weight is 285 g/mol. The predicted molar refractivity (Wildman–Crippen MR) is 83.9 cm³/mol. The topological polar surface area (TPSA) is 62.7 Å². The van der Waals surface area contributed by atoms with E-state index in [4.69, 9.17) is 0 Å². The number of ether oxygens (including phenoxy) is 1. The molecule has 0 spiro atoms. The minimum atomic E-state index is -0.113. The third-order valence-electron chi connectivity index (χ3n) is 3.07. The number of unbranched alkanes of at least 4 members (excludes halogenated alkanes) is 3. The van der Waals surface area contributed by atoms with Crippen LogP contribution < -0.4 is 10.6 Å². The molecule has 2 N–H and O–H groups in total. The number of hydrogen-bond donors (Lipinski definition) is 2. The van der Waals surface area contributed by atoms with Gasteiger partial charge in [0, 0.05) is 26.6 Å². The fraction of sp³-hybridized carbons (Fsp3) is 0.867. The first-order chi connectivity index (χ1) is 9.60. The molecule has 118 valence electrons. The van der Waals surface area contributed by atoms with Gasteiger partial charge >= 0.3 is 5.97 Å². The third kappa shape index (κ3) is 11.8. The van der Waals surface area contributed by atoms with Crippen molar-refractivity contribution in [3.8, 4) is 0 Å². The molecule has 0 saturated carbocycles. The van der Waals surface area contributed by atoms with Gasteiger partial charge < -0.3 is 15.4 Å². The molecule has 0 aromatic rings. The zero-order chi connectivity index (χ0) is 15.2. The lowest BCUT2D eigenvalue weighted by Gasteiger charge is -2.12. The highest BCUT2D eigenvalue weighted by atomic mass is 16.5. The lowest BCUT2D eigenvalue weighted by molar-refractivity contribution is -0.140. The van der Waals surface area contributed by atoms with Gasteiger partial charge in [-0.3, -0.25) is 9.79 Å². The van der Waals surface area contributed by atoms with Gasteiger partial charge in [0.25, 0.3) is 0 Å². The van der Waals surface area contributed by atoms with Crippen molar-refractivity contribution in [2.75, 3.05) is 27.2 Å². The smallest absolute Gasteiger partial charge is 0.305 e. The Bertz CT molecular complexity index is 278. The van der Waals surface area contributed by atoms with Crippen LogP contribution in [0.3, 0.4) is 0 Å². The average Bonchev–Trinajstić information content (AvgIpc) is 2.43. The van der Waals surface area contributed by atoms with Crippen LogP contribution in [0.25, 0.3) is 0 Å². The molecule has 0 rings (SSSR count). The summed E-state index contributed by atoms with van der Waals surface area (Å²) >= 11 is 0. The Balaban J connectivity index is 3.45. The van der Waals surface area contributed by atoms with Gasteiger partial charge in [-0.15, -0.1) is 0 Å². The Morgan fingerprint density at radius 2 is 1.75 bits per heavy atom. The van der Waals surface area contributed by atoms with E-state index in [1.165, 1.54) is 7.11 Å². The van der Waals surface area contributed by atoms with Crippen LogP contribution in [0.4, 0.5) is 0 Å². The zero-order valence-electron chi connectivity index (χ0n) is 13.5. The summed E-state index contributed by atoms with van der Waals surface area (Å²) in [6, 6.07) is 0. The summed E-state index contributed by atoms with van der Waals surface area (Å²) in [7, 11) is 3.23. The van der Waals surface area contributed by atoms with Gasteiger partial charge in [0.05, 0.1) is 7.11 Å².